The molecule has 0 saturated carbocycles. The van der Waals surface area contributed by atoms with Crippen LogP contribution in [0.25, 0.3) is 0 Å². The summed E-state index contributed by atoms with van der Waals surface area (Å²) < 4.78 is 25.4. The molecule has 4 nitrogen and oxygen atoms in total. The molecule has 1 saturated heterocycles. The standard InChI is InChI=1S/C13H18N2O2S/c1-18(16,17)15-9-10-6-7-14-8-12(10)11-4-2-3-5-13(11)15/h2-5,10,12,14H,6-9H2,1H3. The number of piperidine rings is 1. The summed E-state index contributed by atoms with van der Waals surface area (Å²) >= 11 is 0. The van der Waals surface area contributed by atoms with Crippen LogP contribution in [0.1, 0.15) is 17.9 Å². The van der Waals surface area contributed by atoms with E-state index in [9.17, 15) is 8.42 Å². The first-order chi connectivity index (χ1) is 8.57. The number of para-hydroxylation sites is 1. The number of hydrogen-bond donors (Lipinski definition) is 1. The molecule has 2 atom stereocenters. The molecule has 2 heterocycles. The molecule has 98 valence electrons. The molecule has 3 rings (SSSR count). The van der Waals surface area contributed by atoms with Gasteiger partial charge in [0.15, 0.2) is 0 Å². The van der Waals surface area contributed by atoms with Crippen LogP contribution in [0.2, 0.25) is 0 Å². The minimum atomic E-state index is -3.18. The van der Waals surface area contributed by atoms with Crippen LogP contribution in [0.4, 0.5) is 5.69 Å². The van der Waals surface area contributed by atoms with Gasteiger partial charge in [-0.15, -0.1) is 0 Å². The van der Waals surface area contributed by atoms with Crippen molar-refractivity contribution in [3.63, 3.8) is 0 Å². The summed E-state index contributed by atoms with van der Waals surface area (Å²) in [5.41, 5.74) is 2.04. The maximum absolute atomic E-state index is 11.9. The van der Waals surface area contributed by atoms with Gasteiger partial charge in [-0.1, -0.05) is 18.2 Å². The van der Waals surface area contributed by atoms with E-state index in [-0.39, 0.29) is 0 Å². The first kappa shape index (κ1) is 12.0. The van der Waals surface area contributed by atoms with Crippen molar-refractivity contribution in [2.45, 2.75) is 12.3 Å². The van der Waals surface area contributed by atoms with E-state index in [1.807, 2.05) is 18.2 Å². The molecule has 1 aromatic rings. The van der Waals surface area contributed by atoms with Gasteiger partial charge in [0.2, 0.25) is 10.0 Å². The van der Waals surface area contributed by atoms with Crippen molar-refractivity contribution in [3.8, 4) is 0 Å². The molecule has 1 aromatic carbocycles. The van der Waals surface area contributed by atoms with E-state index in [0.717, 1.165) is 25.2 Å². The van der Waals surface area contributed by atoms with Crippen molar-refractivity contribution < 1.29 is 8.42 Å². The number of fused-ring (bicyclic) bond motifs is 3. The predicted molar refractivity (Wildman–Crippen MR) is 72.3 cm³/mol. The van der Waals surface area contributed by atoms with Gasteiger partial charge in [-0.25, -0.2) is 8.42 Å². The zero-order valence-electron chi connectivity index (χ0n) is 10.5. The lowest BCUT2D eigenvalue weighted by Crippen LogP contribution is -2.47. The van der Waals surface area contributed by atoms with Crippen LogP contribution in [0.5, 0.6) is 0 Å². The van der Waals surface area contributed by atoms with Crippen LogP contribution in [-0.2, 0) is 10.0 Å². The second kappa shape index (κ2) is 4.24. The Morgan fingerprint density at radius 2 is 2.11 bits per heavy atom. The molecule has 0 bridgehead atoms. The van der Waals surface area contributed by atoms with Crippen LogP contribution < -0.4 is 9.62 Å². The van der Waals surface area contributed by atoms with Crippen molar-refractivity contribution in [1.29, 1.82) is 0 Å². The fourth-order valence-corrected chi connectivity index (χ4v) is 4.13. The minimum absolute atomic E-state index is 0.441. The molecule has 0 aromatic heterocycles. The lowest BCUT2D eigenvalue weighted by Gasteiger charge is -2.42. The van der Waals surface area contributed by atoms with Gasteiger partial charge < -0.3 is 5.32 Å². The third kappa shape index (κ3) is 1.91. The molecule has 2 unspecified atom stereocenters. The van der Waals surface area contributed by atoms with Gasteiger partial charge >= 0.3 is 0 Å². The van der Waals surface area contributed by atoms with E-state index in [1.165, 1.54) is 11.8 Å². The van der Waals surface area contributed by atoms with Crippen LogP contribution in [0.15, 0.2) is 24.3 Å². The van der Waals surface area contributed by atoms with Crippen molar-refractivity contribution in [2.75, 3.05) is 30.2 Å². The Balaban J connectivity index is 2.10. The second-order valence-corrected chi connectivity index (χ2v) is 7.12. The Bertz CT molecular complexity index is 556. The molecule has 18 heavy (non-hydrogen) atoms. The number of nitrogens with one attached hydrogen (secondary N) is 1. The summed E-state index contributed by atoms with van der Waals surface area (Å²) in [6.07, 6.45) is 2.34. The Morgan fingerprint density at radius 1 is 1.33 bits per heavy atom. The summed E-state index contributed by atoms with van der Waals surface area (Å²) in [4.78, 5) is 0. The van der Waals surface area contributed by atoms with E-state index >= 15 is 0 Å². The normalized spacial score (nSPS) is 27.5. The first-order valence-electron chi connectivity index (χ1n) is 6.35. The summed E-state index contributed by atoms with van der Waals surface area (Å²) in [5, 5.41) is 3.41. The third-order valence-corrected chi connectivity index (χ3v) is 5.18. The molecular formula is C13H18N2O2S. The van der Waals surface area contributed by atoms with E-state index in [1.54, 1.807) is 4.31 Å². The number of hydrogen-bond acceptors (Lipinski definition) is 3. The first-order valence-corrected chi connectivity index (χ1v) is 8.19. The van der Waals surface area contributed by atoms with Crippen molar-refractivity contribution >= 4 is 15.7 Å². The lowest BCUT2D eigenvalue weighted by atomic mass is 9.78. The fourth-order valence-electron chi connectivity index (χ4n) is 3.15. The molecule has 1 N–H and O–H groups in total. The van der Waals surface area contributed by atoms with Gasteiger partial charge in [-0.3, -0.25) is 4.31 Å². The Labute approximate surface area is 108 Å². The van der Waals surface area contributed by atoms with Gasteiger partial charge in [0.1, 0.15) is 0 Å². The molecule has 0 radical (unpaired) electrons. The average Bonchev–Trinajstić information content (AvgIpc) is 2.37. The SMILES string of the molecule is CS(=O)(=O)N1CC2CCNCC2c2ccccc21. The van der Waals surface area contributed by atoms with E-state index in [0.29, 0.717) is 18.4 Å². The van der Waals surface area contributed by atoms with Crippen LogP contribution in [-0.4, -0.2) is 34.3 Å². The molecule has 0 aliphatic carbocycles. The van der Waals surface area contributed by atoms with Crippen molar-refractivity contribution in [1.82, 2.24) is 5.32 Å². The van der Waals surface area contributed by atoms with Gasteiger partial charge in [0, 0.05) is 19.0 Å². The van der Waals surface area contributed by atoms with Gasteiger partial charge in [0.05, 0.1) is 11.9 Å². The average molecular weight is 266 g/mol. The highest BCUT2D eigenvalue weighted by molar-refractivity contribution is 7.92. The quantitative estimate of drug-likeness (QED) is 0.830. The van der Waals surface area contributed by atoms with E-state index in [2.05, 4.69) is 11.4 Å². The molecular weight excluding hydrogens is 248 g/mol. The monoisotopic (exact) mass is 266 g/mol. The van der Waals surface area contributed by atoms with E-state index in [4.69, 9.17) is 0 Å². The lowest BCUT2D eigenvalue weighted by molar-refractivity contribution is 0.322. The second-order valence-electron chi connectivity index (χ2n) is 5.21. The van der Waals surface area contributed by atoms with Crippen molar-refractivity contribution in [3.05, 3.63) is 29.8 Å². The molecule has 2 aliphatic rings. The minimum Gasteiger partial charge on any atom is -0.316 e. The Kier molecular flexibility index (Phi) is 2.83. The van der Waals surface area contributed by atoms with Crippen LogP contribution in [0, 0.1) is 5.92 Å². The van der Waals surface area contributed by atoms with Gasteiger partial charge in [-0.2, -0.15) is 0 Å². The number of rotatable bonds is 1. The highest BCUT2D eigenvalue weighted by Gasteiger charge is 2.37. The fraction of sp³-hybridized carbons (Fsp3) is 0.538. The van der Waals surface area contributed by atoms with Gasteiger partial charge in [-0.05, 0) is 30.5 Å². The number of anilines is 1. The van der Waals surface area contributed by atoms with E-state index < -0.39 is 10.0 Å². The molecule has 2 aliphatic heterocycles. The highest BCUT2D eigenvalue weighted by Crippen LogP contribution is 2.41. The summed E-state index contributed by atoms with van der Waals surface area (Å²) in [7, 11) is -3.18. The molecule has 1 fully saturated rings. The number of nitrogens with zero attached hydrogens (tertiary/aromatic N) is 1. The zero-order valence-corrected chi connectivity index (χ0v) is 11.3. The maximum atomic E-state index is 11.9. The molecule has 0 spiro atoms. The van der Waals surface area contributed by atoms with Crippen molar-refractivity contribution in [2.24, 2.45) is 5.92 Å². The predicted octanol–water partition coefficient (Wildman–Crippen LogP) is 1.16. The summed E-state index contributed by atoms with van der Waals surface area (Å²) in [6, 6.07) is 7.89. The summed E-state index contributed by atoms with van der Waals surface area (Å²) in [5.74, 6) is 0.892. The Morgan fingerprint density at radius 3 is 2.89 bits per heavy atom. The van der Waals surface area contributed by atoms with Crippen LogP contribution >= 0.6 is 0 Å². The Hall–Kier alpha value is -1.07. The highest BCUT2D eigenvalue weighted by atomic mass is 32.2. The molecule has 0 amide bonds. The smallest absolute Gasteiger partial charge is 0.232 e. The third-order valence-electron chi connectivity index (χ3n) is 4.03. The number of sulfonamides is 1. The number of benzene rings is 1. The maximum Gasteiger partial charge on any atom is 0.232 e. The van der Waals surface area contributed by atoms with Crippen LogP contribution in [0.3, 0.4) is 0 Å². The summed E-state index contributed by atoms with van der Waals surface area (Å²) in [6.45, 7) is 2.57. The molecule has 5 heteroatoms. The van der Waals surface area contributed by atoms with Gasteiger partial charge in [0.25, 0.3) is 0 Å². The largest absolute Gasteiger partial charge is 0.316 e. The topological polar surface area (TPSA) is 49.4 Å². The zero-order chi connectivity index (χ0) is 12.8.